The molecule has 0 bridgehead atoms. The summed E-state index contributed by atoms with van der Waals surface area (Å²) in [4.78, 5) is 34.0. The van der Waals surface area contributed by atoms with Crippen LogP contribution in [0, 0.1) is 17.8 Å². The summed E-state index contributed by atoms with van der Waals surface area (Å²) in [7, 11) is 0. The Labute approximate surface area is 238 Å². The number of rotatable bonds is 7. The number of imidazole rings is 1. The number of nitrogens with zero attached hydrogens (tertiary/aromatic N) is 6. The molecule has 3 aliphatic rings. The molecule has 4 atom stereocenters. The first-order valence-corrected chi connectivity index (χ1v) is 13.6. The Morgan fingerprint density at radius 1 is 1.19 bits per heavy atom. The van der Waals surface area contributed by atoms with Crippen LogP contribution in [-0.4, -0.2) is 66.3 Å². The van der Waals surface area contributed by atoms with Crippen LogP contribution in [0.25, 0.3) is 5.78 Å². The molecule has 2 aliphatic carbocycles. The zero-order chi connectivity index (χ0) is 30.7. The molecule has 1 saturated heterocycles. The number of halogens is 7. The lowest BCUT2D eigenvalue weighted by molar-refractivity contribution is -0.183. The van der Waals surface area contributed by atoms with Crippen LogP contribution in [0.3, 0.4) is 0 Å². The molecule has 232 valence electrons. The van der Waals surface area contributed by atoms with Gasteiger partial charge in [-0.2, -0.15) is 18.3 Å². The maximum Gasteiger partial charge on any atom is 0.393 e. The van der Waals surface area contributed by atoms with E-state index in [4.69, 9.17) is 0 Å². The van der Waals surface area contributed by atoms with Gasteiger partial charge in [0, 0.05) is 38.1 Å². The van der Waals surface area contributed by atoms with Gasteiger partial charge in [-0.15, -0.1) is 0 Å². The Balaban J connectivity index is 1.25. The smallest absolute Gasteiger partial charge is 0.355 e. The fourth-order valence-electron chi connectivity index (χ4n) is 5.79. The predicted molar refractivity (Wildman–Crippen MR) is 129 cm³/mol. The van der Waals surface area contributed by atoms with E-state index in [0.717, 1.165) is 0 Å². The van der Waals surface area contributed by atoms with Gasteiger partial charge in [0.25, 0.3) is 17.6 Å². The predicted octanol–water partition coefficient (Wildman–Crippen LogP) is 3.78. The maximum atomic E-state index is 14.0. The minimum atomic E-state index is -4.47. The summed E-state index contributed by atoms with van der Waals surface area (Å²) in [5.41, 5.74) is -0.360. The van der Waals surface area contributed by atoms with E-state index < -0.39 is 97.5 Å². The van der Waals surface area contributed by atoms with Gasteiger partial charge in [-0.1, -0.05) is 5.16 Å². The highest BCUT2D eigenvalue weighted by molar-refractivity contribution is 5.93. The van der Waals surface area contributed by atoms with E-state index in [9.17, 15) is 40.3 Å². The molecular weight excluding hydrogens is 593 g/mol. The van der Waals surface area contributed by atoms with Crippen molar-refractivity contribution in [2.45, 2.75) is 74.9 Å². The van der Waals surface area contributed by atoms with E-state index >= 15 is 0 Å². The van der Waals surface area contributed by atoms with Crippen LogP contribution in [0.2, 0.25) is 0 Å². The topological polar surface area (TPSA) is 140 Å². The van der Waals surface area contributed by atoms with E-state index in [1.54, 1.807) is 0 Å². The molecule has 3 fully saturated rings. The van der Waals surface area contributed by atoms with Crippen molar-refractivity contribution in [3.63, 3.8) is 0 Å². The minimum absolute atomic E-state index is 0.0136. The fraction of sp³-hybridized carbons (Fsp3) is 0.640. The van der Waals surface area contributed by atoms with Crippen molar-refractivity contribution in [1.29, 1.82) is 0 Å². The highest BCUT2D eigenvalue weighted by Crippen LogP contribution is 2.55. The second kappa shape index (κ2) is 10.4. The Morgan fingerprint density at radius 2 is 1.91 bits per heavy atom. The second-order valence-corrected chi connectivity index (χ2v) is 11.4. The second-order valence-electron chi connectivity index (χ2n) is 11.4. The van der Waals surface area contributed by atoms with Gasteiger partial charge in [0.1, 0.15) is 5.69 Å². The van der Waals surface area contributed by atoms with E-state index in [2.05, 4.69) is 40.6 Å². The average Bonchev–Trinajstić information content (AvgIpc) is 3.27. The molecule has 3 aromatic rings. The summed E-state index contributed by atoms with van der Waals surface area (Å²) >= 11 is 0. The molecule has 3 aromatic heterocycles. The molecule has 4 heterocycles. The lowest BCUT2D eigenvalue weighted by atomic mass is 9.81. The third-order valence-electron chi connectivity index (χ3n) is 8.36. The van der Waals surface area contributed by atoms with Crippen molar-refractivity contribution in [3.05, 3.63) is 35.2 Å². The summed E-state index contributed by atoms with van der Waals surface area (Å²) in [6.07, 6.45) is -3.71. The number of aromatic nitrogens is 6. The van der Waals surface area contributed by atoms with Gasteiger partial charge in [0.15, 0.2) is 5.69 Å². The van der Waals surface area contributed by atoms with Gasteiger partial charge in [0.05, 0.1) is 41.7 Å². The Kier molecular flexibility index (Phi) is 7.06. The normalized spacial score (nSPS) is 26.2. The van der Waals surface area contributed by atoms with Crippen LogP contribution >= 0.6 is 0 Å². The minimum Gasteiger partial charge on any atom is -0.355 e. The Hall–Kier alpha value is -3.86. The largest absolute Gasteiger partial charge is 0.393 e. The summed E-state index contributed by atoms with van der Waals surface area (Å²) in [6, 6.07) is -0.975. The first-order valence-electron chi connectivity index (χ1n) is 13.6. The lowest BCUT2D eigenvalue weighted by Gasteiger charge is -2.33. The quantitative estimate of drug-likeness (QED) is 0.382. The first-order chi connectivity index (χ1) is 20.2. The molecule has 0 radical (unpaired) electrons. The van der Waals surface area contributed by atoms with Crippen LogP contribution in [0.4, 0.5) is 30.7 Å². The van der Waals surface area contributed by atoms with Gasteiger partial charge in [-0.25, -0.2) is 36.7 Å². The maximum absolute atomic E-state index is 14.0. The molecule has 2 N–H and O–H groups in total. The monoisotopic (exact) mass is 618 g/mol. The van der Waals surface area contributed by atoms with Crippen molar-refractivity contribution < 1.29 is 45.0 Å². The molecular formula is C25H25F7N8O3. The highest BCUT2D eigenvalue weighted by atomic mass is 19.4. The molecule has 0 aromatic carbocycles. The SMILES string of the molecule is O=C(N[C@H](c1cn2nc(C[C@H]3C[C@@H](C(F)(F)F)CNC3=O)cnc2n1)C1CCC(F)(F)CC1)c1nonc1C1CC1(F)F. The number of fused-ring (bicyclic) bond motifs is 1. The molecule has 43 heavy (non-hydrogen) atoms. The van der Waals surface area contributed by atoms with Gasteiger partial charge < -0.3 is 10.6 Å². The Morgan fingerprint density at radius 3 is 2.58 bits per heavy atom. The molecule has 1 unspecified atom stereocenters. The average molecular weight is 619 g/mol. The number of carbonyl (C=O) groups is 2. The molecule has 18 heteroatoms. The number of hydrogen-bond acceptors (Lipinski definition) is 8. The van der Waals surface area contributed by atoms with Crippen LogP contribution in [0.1, 0.15) is 78.1 Å². The van der Waals surface area contributed by atoms with E-state index in [-0.39, 0.29) is 42.1 Å². The van der Waals surface area contributed by atoms with E-state index in [1.165, 1.54) is 16.9 Å². The zero-order valence-corrected chi connectivity index (χ0v) is 22.3. The van der Waals surface area contributed by atoms with E-state index in [1.807, 2.05) is 0 Å². The van der Waals surface area contributed by atoms with Gasteiger partial charge >= 0.3 is 6.18 Å². The molecule has 11 nitrogen and oxygen atoms in total. The summed E-state index contributed by atoms with van der Waals surface area (Å²) in [6.45, 7) is -0.496. The van der Waals surface area contributed by atoms with Gasteiger partial charge in [-0.3, -0.25) is 9.59 Å². The van der Waals surface area contributed by atoms with Crippen LogP contribution in [0.5, 0.6) is 0 Å². The van der Waals surface area contributed by atoms with Crippen molar-refractivity contribution in [2.24, 2.45) is 17.8 Å². The van der Waals surface area contributed by atoms with Crippen molar-refractivity contribution in [3.8, 4) is 0 Å². The summed E-state index contributed by atoms with van der Waals surface area (Å²) < 4.78 is 101. The molecule has 1 aliphatic heterocycles. The van der Waals surface area contributed by atoms with Crippen LogP contribution in [0.15, 0.2) is 17.0 Å². The third kappa shape index (κ3) is 6.00. The number of piperidine rings is 1. The molecule has 2 saturated carbocycles. The zero-order valence-electron chi connectivity index (χ0n) is 22.3. The first kappa shape index (κ1) is 29.2. The molecule has 2 amide bonds. The standard InChI is InChI=1S/C25H25F7N8O3/c26-23(27)3-1-11(2-4-23)17(36-21(42)19-18(38-43-39-19)15-7-24(15,28)29)16-10-40-22(35-16)34-9-14(37-40)6-12-5-13(25(30,31)32)8-33-20(12)41/h9-13,15,17H,1-8H2,(H,33,41)(H,36,42)/t12-,13-,15?,17+/m1/s1. The number of amides is 2. The van der Waals surface area contributed by atoms with Crippen LogP contribution in [-0.2, 0) is 11.2 Å². The van der Waals surface area contributed by atoms with Crippen molar-refractivity contribution in [2.75, 3.05) is 6.54 Å². The molecule has 6 rings (SSSR count). The fourth-order valence-corrected chi connectivity index (χ4v) is 5.79. The molecule has 0 spiro atoms. The number of nitrogens with one attached hydrogen (secondary N) is 2. The number of carbonyl (C=O) groups excluding carboxylic acids is 2. The Bertz CT molecular complexity index is 1530. The van der Waals surface area contributed by atoms with Crippen molar-refractivity contribution >= 4 is 17.6 Å². The van der Waals surface area contributed by atoms with E-state index in [0.29, 0.717) is 0 Å². The number of hydrogen-bond donors (Lipinski definition) is 2. The van der Waals surface area contributed by atoms with Gasteiger partial charge in [-0.05, 0) is 30.3 Å². The highest BCUT2D eigenvalue weighted by Gasteiger charge is 2.61. The van der Waals surface area contributed by atoms with Crippen molar-refractivity contribution in [1.82, 2.24) is 40.5 Å². The van der Waals surface area contributed by atoms with Gasteiger partial charge in [0.2, 0.25) is 11.8 Å². The number of alkyl halides is 7. The summed E-state index contributed by atoms with van der Waals surface area (Å²) in [5.74, 6) is -11.8. The van der Waals surface area contributed by atoms with Crippen LogP contribution < -0.4 is 10.6 Å². The summed E-state index contributed by atoms with van der Waals surface area (Å²) in [5, 5.41) is 16.2. The third-order valence-corrected chi connectivity index (χ3v) is 8.36. The lowest BCUT2D eigenvalue weighted by Crippen LogP contribution is -2.47.